The van der Waals surface area contributed by atoms with Crippen LogP contribution in [0.15, 0.2) is 78.4 Å². The molecule has 1 amide bonds. The molecule has 12 heteroatoms. The number of benzene rings is 2. The van der Waals surface area contributed by atoms with Gasteiger partial charge in [0.2, 0.25) is 11.8 Å². The maximum atomic E-state index is 15.8. The number of carboxylic acid groups (broad SMARTS) is 1. The first kappa shape index (κ1) is 31.4. The zero-order valence-corrected chi connectivity index (χ0v) is 25.0. The standard InChI is InChI=1S/C32H30Cl2F2N4O4/c1-2-44-31(22-8-6-19(32(42)43)12-25(22)37)39-27-15-40(14-17-3-4-17)16-28(41)38-26-13-20(33)7-5-18(26)11-23(27)21-9-10-24(35)29(34)30(21)36/h2,5-10,12-13,17,23,27,37,39H,1,3-4,11,14-16H2,(H,38,41)(H,42,43)/b31-22+,37-25?/t23-,27+/m0/s1. The number of amides is 1. The summed E-state index contributed by atoms with van der Waals surface area (Å²) in [7, 11) is 0. The van der Waals surface area contributed by atoms with Gasteiger partial charge in [-0.05, 0) is 72.7 Å². The first-order valence-electron chi connectivity index (χ1n) is 14.0. The Labute approximate surface area is 263 Å². The highest BCUT2D eigenvalue weighted by molar-refractivity contribution is 6.31. The number of carbonyl (C=O) groups is 2. The van der Waals surface area contributed by atoms with Gasteiger partial charge in [0.15, 0.2) is 0 Å². The van der Waals surface area contributed by atoms with Crippen molar-refractivity contribution in [3.8, 4) is 0 Å². The average Bonchev–Trinajstić information content (AvgIpc) is 3.79. The molecule has 8 nitrogen and oxygen atoms in total. The van der Waals surface area contributed by atoms with Gasteiger partial charge in [0, 0.05) is 35.8 Å². The lowest BCUT2D eigenvalue weighted by Gasteiger charge is -2.36. The minimum Gasteiger partial charge on any atom is -0.478 e. The lowest BCUT2D eigenvalue weighted by Crippen LogP contribution is -2.49. The van der Waals surface area contributed by atoms with Gasteiger partial charge in [-0.1, -0.05) is 41.9 Å². The van der Waals surface area contributed by atoms with E-state index in [2.05, 4.69) is 17.2 Å². The highest BCUT2D eigenvalue weighted by atomic mass is 35.5. The largest absolute Gasteiger partial charge is 0.478 e. The van der Waals surface area contributed by atoms with Crippen LogP contribution in [-0.4, -0.2) is 53.3 Å². The topological polar surface area (TPSA) is 115 Å². The second kappa shape index (κ2) is 13.3. The van der Waals surface area contributed by atoms with Crippen molar-refractivity contribution in [1.29, 1.82) is 5.41 Å². The number of nitrogens with zero attached hydrogens (tertiary/aromatic N) is 1. The van der Waals surface area contributed by atoms with E-state index in [1.165, 1.54) is 24.3 Å². The first-order valence-corrected chi connectivity index (χ1v) is 14.7. The molecule has 2 aromatic carbocycles. The summed E-state index contributed by atoms with van der Waals surface area (Å²) < 4.78 is 35.9. The van der Waals surface area contributed by atoms with Crippen LogP contribution in [0.1, 0.15) is 29.9 Å². The van der Waals surface area contributed by atoms with E-state index < -0.39 is 34.6 Å². The van der Waals surface area contributed by atoms with Crippen molar-refractivity contribution in [1.82, 2.24) is 10.2 Å². The molecular weight excluding hydrogens is 613 g/mol. The summed E-state index contributed by atoms with van der Waals surface area (Å²) in [4.78, 5) is 26.7. The molecule has 0 aromatic heterocycles. The molecule has 0 saturated heterocycles. The maximum Gasteiger partial charge on any atom is 0.335 e. The number of hydrogen-bond donors (Lipinski definition) is 4. The van der Waals surface area contributed by atoms with E-state index >= 15 is 4.39 Å². The number of aliphatic carboxylic acids is 1. The Hall–Kier alpha value is -3.99. The van der Waals surface area contributed by atoms with Crippen LogP contribution in [0, 0.1) is 23.0 Å². The summed E-state index contributed by atoms with van der Waals surface area (Å²) in [5.74, 6) is -3.46. The van der Waals surface area contributed by atoms with Crippen LogP contribution >= 0.6 is 23.2 Å². The lowest BCUT2D eigenvalue weighted by molar-refractivity contribution is -0.132. The molecule has 2 aromatic rings. The number of allylic oxidation sites excluding steroid dienone is 3. The first-order chi connectivity index (χ1) is 21.0. The van der Waals surface area contributed by atoms with Gasteiger partial charge in [-0.2, -0.15) is 0 Å². The number of halogens is 4. The monoisotopic (exact) mass is 642 g/mol. The highest BCUT2D eigenvalue weighted by Gasteiger charge is 2.35. The van der Waals surface area contributed by atoms with E-state index in [1.54, 1.807) is 18.2 Å². The third kappa shape index (κ3) is 7.20. The third-order valence-corrected chi connectivity index (χ3v) is 8.38. The van der Waals surface area contributed by atoms with Crippen LogP contribution in [0.5, 0.6) is 0 Å². The molecule has 0 bridgehead atoms. The van der Waals surface area contributed by atoms with Crippen molar-refractivity contribution >= 4 is 46.5 Å². The second-order valence-electron chi connectivity index (χ2n) is 11.0. The van der Waals surface area contributed by atoms with Gasteiger partial charge in [-0.25, -0.2) is 13.6 Å². The van der Waals surface area contributed by atoms with Crippen LogP contribution < -0.4 is 10.6 Å². The Morgan fingerprint density at radius 1 is 1.23 bits per heavy atom. The minimum atomic E-state index is -1.19. The SMILES string of the molecule is C=CO/C(N[C@@H]1CN(CC2CC2)CC(=O)Nc2cc(Cl)ccc2C[C@H]1c1ccc(F)c(Cl)c1F)=C1\C=CC(C(=O)O)=CC1=N. The predicted octanol–water partition coefficient (Wildman–Crippen LogP) is 6.19. The summed E-state index contributed by atoms with van der Waals surface area (Å²) in [5.41, 5.74) is 1.30. The highest BCUT2D eigenvalue weighted by Crippen LogP contribution is 2.37. The molecule has 1 fully saturated rings. The number of rotatable bonds is 8. The Morgan fingerprint density at radius 2 is 2.00 bits per heavy atom. The molecule has 2 atom stereocenters. The fourth-order valence-corrected chi connectivity index (χ4v) is 5.84. The van der Waals surface area contributed by atoms with Crippen molar-refractivity contribution in [2.24, 2.45) is 5.92 Å². The maximum absolute atomic E-state index is 15.8. The molecular formula is C32H30Cl2F2N4O4. The summed E-state index contributed by atoms with van der Waals surface area (Å²) in [6.07, 6.45) is 7.36. The van der Waals surface area contributed by atoms with Crippen LogP contribution in [0.25, 0.3) is 0 Å². The van der Waals surface area contributed by atoms with E-state index in [4.69, 9.17) is 33.3 Å². The molecule has 2 aliphatic carbocycles. The average molecular weight is 644 g/mol. The van der Waals surface area contributed by atoms with E-state index in [9.17, 15) is 19.1 Å². The fourth-order valence-electron chi connectivity index (χ4n) is 5.49. The molecule has 3 aliphatic rings. The summed E-state index contributed by atoms with van der Waals surface area (Å²) in [5, 5.41) is 23.9. The van der Waals surface area contributed by atoms with Gasteiger partial charge >= 0.3 is 5.97 Å². The van der Waals surface area contributed by atoms with Crippen molar-refractivity contribution in [3.63, 3.8) is 0 Å². The molecule has 44 heavy (non-hydrogen) atoms. The van der Waals surface area contributed by atoms with Crippen LogP contribution in [0.3, 0.4) is 0 Å². The van der Waals surface area contributed by atoms with Gasteiger partial charge in [0.25, 0.3) is 0 Å². The molecule has 1 saturated carbocycles. The number of carbonyl (C=O) groups excluding carboxylic acids is 1. The van der Waals surface area contributed by atoms with Crippen LogP contribution in [0.4, 0.5) is 14.5 Å². The predicted molar refractivity (Wildman–Crippen MR) is 165 cm³/mol. The Bertz CT molecular complexity index is 1620. The van der Waals surface area contributed by atoms with Crippen molar-refractivity contribution in [2.45, 2.75) is 31.2 Å². The molecule has 230 valence electrons. The fraction of sp³-hybridized carbons (Fsp3) is 0.281. The lowest BCUT2D eigenvalue weighted by atomic mass is 9.84. The molecule has 4 N–H and O–H groups in total. The number of fused-ring (bicyclic) bond motifs is 1. The van der Waals surface area contributed by atoms with E-state index in [1.807, 2.05) is 4.90 Å². The van der Waals surface area contributed by atoms with Gasteiger partial charge in [0.05, 0.1) is 29.7 Å². The van der Waals surface area contributed by atoms with Gasteiger partial charge in [-0.15, -0.1) is 0 Å². The summed E-state index contributed by atoms with van der Waals surface area (Å²) in [6.45, 7) is 4.53. The Balaban J connectivity index is 1.66. The van der Waals surface area contributed by atoms with Crippen molar-refractivity contribution in [3.05, 3.63) is 111 Å². The van der Waals surface area contributed by atoms with Gasteiger partial charge in [-0.3, -0.25) is 9.69 Å². The molecule has 0 spiro atoms. The van der Waals surface area contributed by atoms with Crippen molar-refractivity contribution in [2.75, 3.05) is 25.0 Å². The van der Waals surface area contributed by atoms with Crippen molar-refractivity contribution < 1.29 is 28.2 Å². The quantitative estimate of drug-likeness (QED) is 0.202. The molecule has 1 heterocycles. The van der Waals surface area contributed by atoms with E-state index in [0.717, 1.165) is 25.2 Å². The smallest absolute Gasteiger partial charge is 0.335 e. The number of anilines is 1. The molecule has 1 aliphatic heterocycles. The van der Waals surface area contributed by atoms with Crippen LogP contribution in [-0.2, 0) is 20.7 Å². The molecule has 0 radical (unpaired) electrons. The normalized spacial score (nSPS) is 22.0. The zero-order chi connectivity index (χ0) is 31.5. The number of ether oxygens (including phenoxy) is 1. The van der Waals surface area contributed by atoms with Gasteiger partial charge < -0.3 is 25.9 Å². The number of carboxylic acids is 1. The zero-order valence-electron chi connectivity index (χ0n) is 23.5. The van der Waals surface area contributed by atoms with Gasteiger partial charge in [0.1, 0.15) is 16.7 Å². The minimum absolute atomic E-state index is 0.0364. The third-order valence-electron chi connectivity index (χ3n) is 7.80. The Kier molecular flexibility index (Phi) is 9.53. The Morgan fingerprint density at radius 3 is 2.68 bits per heavy atom. The summed E-state index contributed by atoms with van der Waals surface area (Å²) >= 11 is 12.4. The van der Waals surface area contributed by atoms with Crippen LogP contribution in [0.2, 0.25) is 10.0 Å². The van der Waals surface area contributed by atoms with E-state index in [-0.39, 0.29) is 53.7 Å². The number of nitrogens with one attached hydrogen (secondary N) is 3. The second-order valence-corrected chi connectivity index (χ2v) is 11.8. The summed E-state index contributed by atoms with van der Waals surface area (Å²) in [6, 6.07) is 6.82. The molecule has 5 rings (SSSR count). The number of hydrogen-bond acceptors (Lipinski definition) is 6. The molecule has 0 unspecified atom stereocenters. The van der Waals surface area contributed by atoms with E-state index in [0.29, 0.717) is 28.7 Å².